The van der Waals surface area contributed by atoms with E-state index in [-0.39, 0.29) is 35.7 Å². The van der Waals surface area contributed by atoms with Crippen molar-refractivity contribution in [2.45, 2.75) is 6.42 Å². The minimum Gasteiger partial charge on any atom is -0.496 e. The molecule has 3 aromatic rings. The second kappa shape index (κ2) is 8.70. The molecule has 8 heteroatoms. The lowest BCUT2D eigenvalue weighted by Gasteiger charge is -2.15. The molecule has 0 aliphatic heterocycles. The molecular formula is C20H19BrF2N2O3. The maximum Gasteiger partial charge on any atom is 0.267 e. The topological polar surface area (TPSA) is 74.3 Å². The van der Waals surface area contributed by atoms with Gasteiger partial charge in [-0.1, -0.05) is 6.07 Å². The standard InChI is InChI=1S/C20H19BrF2N2O3/c1-28-18-5-2-11(7-14(18)21)6-12(10-26)9-24-20(27)17-8-13-15(22)3-4-16(23)19(13)25-17/h2-5,7-8,12,25-26H,6,9-10H2,1H3,(H,24,27). The Kier molecular flexibility index (Phi) is 6.31. The van der Waals surface area contributed by atoms with Gasteiger partial charge in [-0.2, -0.15) is 0 Å². The normalized spacial score (nSPS) is 12.2. The summed E-state index contributed by atoms with van der Waals surface area (Å²) in [4.78, 5) is 15.0. The molecule has 148 valence electrons. The van der Waals surface area contributed by atoms with Crippen LogP contribution in [0.15, 0.2) is 40.9 Å². The molecule has 1 atom stereocenters. The van der Waals surface area contributed by atoms with Gasteiger partial charge < -0.3 is 20.1 Å². The average Bonchev–Trinajstić information content (AvgIpc) is 3.15. The zero-order valence-electron chi connectivity index (χ0n) is 15.1. The van der Waals surface area contributed by atoms with E-state index in [1.165, 1.54) is 6.07 Å². The average molecular weight is 453 g/mol. The molecule has 0 saturated heterocycles. The molecular weight excluding hydrogens is 434 g/mol. The molecule has 1 unspecified atom stereocenters. The summed E-state index contributed by atoms with van der Waals surface area (Å²) in [5.41, 5.74) is 0.977. The molecule has 0 aliphatic carbocycles. The zero-order chi connectivity index (χ0) is 20.3. The third-order valence-corrected chi connectivity index (χ3v) is 5.10. The highest BCUT2D eigenvalue weighted by molar-refractivity contribution is 9.10. The fraction of sp³-hybridized carbons (Fsp3) is 0.250. The van der Waals surface area contributed by atoms with E-state index in [0.29, 0.717) is 12.2 Å². The third-order valence-electron chi connectivity index (χ3n) is 4.48. The second-order valence-corrected chi connectivity index (χ2v) is 7.29. The number of carbonyl (C=O) groups excluding carboxylic acids is 1. The second-order valence-electron chi connectivity index (χ2n) is 6.43. The number of aliphatic hydroxyl groups excluding tert-OH is 1. The Hall–Kier alpha value is -2.45. The van der Waals surface area contributed by atoms with E-state index in [1.54, 1.807) is 7.11 Å². The van der Waals surface area contributed by atoms with Crippen molar-refractivity contribution >= 4 is 32.7 Å². The molecule has 0 spiro atoms. The first-order chi connectivity index (χ1) is 13.4. The highest BCUT2D eigenvalue weighted by Gasteiger charge is 2.17. The smallest absolute Gasteiger partial charge is 0.267 e. The van der Waals surface area contributed by atoms with Crippen LogP contribution in [0.3, 0.4) is 0 Å². The Bertz CT molecular complexity index is 968. The van der Waals surface area contributed by atoms with Gasteiger partial charge in [-0.3, -0.25) is 4.79 Å². The summed E-state index contributed by atoms with van der Waals surface area (Å²) < 4.78 is 33.5. The number of amides is 1. The van der Waals surface area contributed by atoms with Crippen molar-refractivity contribution < 1.29 is 23.4 Å². The lowest BCUT2D eigenvalue weighted by molar-refractivity contribution is 0.0936. The quantitative estimate of drug-likeness (QED) is 0.510. The van der Waals surface area contributed by atoms with Gasteiger partial charge in [0.2, 0.25) is 0 Å². The number of rotatable bonds is 7. The first kappa shape index (κ1) is 20.3. The van der Waals surface area contributed by atoms with Crippen LogP contribution in [0, 0.1) is 17.6 Å². The number of fused-ring (bicyclic) bond motifs is 1. The SMILES string of the molecule is COc1ccc(CC(CO)CNC(=O)c2cc3c(F)ccc(F)c3[nH]2)cc1Br. The van der Waals surface area contributed by atoms with Crippen molar-refractivity contribution in [3.05, 3.63) is 63.8 Å². The minimum atomic E-state index is -0.631. The van der Waals surface area contributed by atoms with E-state index >= 15 is 0 Å². The number of benzene rings is 2. The molecule has 1 aromatic heterocycles. The molecule has 28 heavy (non-hydrogen) atoms. The van der Waals surface area contributed by atoms with Gasteiger partial charge in [-0.05, 0) is 58.2 Å². The van der Waals surface area contributed by atoms with Gasteiger partial charge in [0.1, 0.15) is 23.1 Å². The monoisotopic (exact) mass is 452 g/mol. The van der Waals surface area contributed by atoms with Crippen LogP contribution in [0.25, 0.3) is 10.9 Å². The largest absolute Gasteiger partial charge is 0.496 e. The van der Waals surface area contributed by atoms with Crippen molar-refractivity contribution in [3.8, 4) is 5.75 Å². The Morgan fingerprint density at radius 1 is 1.25 bits per heavy atom. The number of methoxy groups -OCH3 is 1. The number of aromatic nitrogens is 1. The number of nitrogens with one attached hydrogen (secondary N) is 2. The number of ether oxygens (including phenoxy) is 1. The number of hydrogen-bond acceptors (Lipinski definition) is 3. The number of halogens is 3. The van der Waals surface area contributed by atoms with Gasteiger partial charge in [-0.15, -0.1) is 0 Å². The van der Waals surface area contributed by atoms with Crippen LogP contribution < -0.4 is 10.1 Å². The van der Waals surface area contributed by atoms with Crippen molar-refractivity contribution in [2.75, 3.05) is 20.3 Å². The Labute approximate surface area is 168 Å². The zero-order valence-corrected chi connectivity index (χ0v) is 16.6. The Morgan fingerprint density at radius 3 is 2.64 bits per heavy atom. The molecule has 1 heterocycles. The van der Waals surface area contributed by atoms with Crippen LogP contribution in [0.2, 0.25) is 0 Å². The van der Waals surface area contributed by atoms with Gasteiger partial charge in [0, 0.05) is 24.5 Å². The summed E-state index contributed by atoms with van der Waals surface area (Å²) in [6, 6.07) is 8.90. The van der Waals surface area contributed by atoms with Crippen molar-refractivity contribution in [2.24, 2.45) is 5.92 Å². The van der Waals surface area contributed by atoms with E-state index in [0.717, 1.165) is 22.2 Å². The molecule has 0 saturated carbocycles. The number of carbonyl (C=O) groups is 1. The molecule has 0 fully saturated rings. The van der Waals surface area contributed by atoms with Crippen molar-refractivity contribution in [1.29, 1.82) is 0 Å². The van der Waals surface area contributed by atoms with Gasteiger partial charge in [-0.25, -0.2) is 8.78 Å². The lowest BCUT2D eigenvalue weighted by atomic mass is 10.00. The van der Waals surface area contributed by atoms with Gasteiger partial charge in [0.25, 0.3) is 5.91 Å². The Morgan fingerprint density at radius 2 is 2.00 bits per heavy atom. The number of aromatic amines is 1. The fourth-order valence-corrected chi connectivity index (χ4v) is 3.56. The first-order valence-electron chi connectivity index (χ1n) is 8.61. The Balaban J connectivity index is 1.66. The fourth-order valence-electron chi connectivity index (χ4n) is 2.98. The number of H-pyrrole nitrogens is 1. The highest BCUT2D eigenvalue weighted by Crippen LogP contribution is 2.26. The van der Waals surface area contributed by atoms with Crippen LogP contribution >= 0.6 is 15.9 Å². The van der Waals surface area contributed by atoms with Gasteiger partial charge >= 0.3 is 0 Å². The van der Waals surface area contributed by atoms with Crippen LogP contribution in [0.5, 0.6) is 5.75 Å². The van der Waals surface area contributed by atoms with E-state index in [2.05, 4.69) is 26.2 Å². The van der Waals surface area contributed by atoms with E-state index in [4.69, 9.17) is 4.74 Å². The molecule has 3 N–H and O–H groups in total. The maximum atomic E-state index is 13.8. The molecule has 0 bridgehead atoms. The lowest BCUT2D eigenvalue weighted by Crippen LogP contribution is -2.32. The summed E-state index contributed by atoms with van der Waals surface area (Å²) in [6.45, 7) is 0.0825. The van der Waals surface area contributed by atoms with Crippen LogP contribution in [0.1, 0.15) is 16.1 Å². The summed E-state index contributed by atoms with van der Waals surface area (Å²) in [6.07, 6.45) is 0.537. The predicted octanol–water partition coefficient (Wildman–Crippen LogP) is 3.80. The summed E-state index contributed by atoms with van der Waals surface area (Å²) in [7, 11) is 1.58. The number of aliphatic hydroxyl groups is 1. The molecule has 0 radical (unpaired) electrons. The molecule has 2 aromatic carbocycles. The summed E-state index contributed by atoms with van der Waals surface area (Å²) in [5, 5.41) is 12.3. The highest BCUT2D eigenvalue weighted by atomic mass is 79.9. The third kappa shape index (κ3) is 4.34. The van der Waals surface area contributed by atoms with Crippen LogP contribution in [-0.2, 0) is 6.42 Å². The van der Waals surface area contributed by atoms with E-state index in [1.807, 2.05) is 18.2 Å². The first-order valence-corrected chi connectivity index (χ1v) is 9.40. The van der Waals surface area contributed by atoms with E-state index in [9.17, 15) is 18.7 Å². The minimum absolute atomic E-state index is 0.0203. The molecule has 3 rings (SSSR count). The number of hydrogen-bond donors (Lipinski definition) is 3. The van der Waals surface area contributed by atoms with Crippen LogP contribution in [-0.4, -0.2) is 36.3 Å². The predicted molar refractivity (Wildman–Crippen MR) is 106 cm³/mol. The van der Waals surface area contributed by atoms with Gasteiger partial charge in [0.05, 0.1) is 17.1 Å². The van der Waals surface area contributed by atoms with Crippen molar-refractivity contribution in [3.63, 3.8) is 0 Å². The van der Waals surface area contributed by atoms with Gasteiger partial charge in [0.15, 0.2) is 0 Å². The molecule has 1 amide bonds. The summed E-state index contributed by atoms with van der Waals surface area (Å²) in [5.74, 6) is -1.25. The molecule has 0 aliphatic rings. The summed E-state index contributed by atoms with van der Waals surface area (Å²) >= 11 is 3.42. The maximum absolute atomic E-state index is 13.8. The van der Waals surface area contributed by atoms with Crippen LogP contribution in [0.4, 0.5) is 8.78 Å². The van der Waals surface area contributed by atoms with E-state index < -0.39 is 17.5 Å². The van der Waals surface area contributed by atoms with Crippen molar-refractivity contribution in [1.82, 2.24) is 10.3 Å². The molecule has 5 nitrogen and oxygen atoms in total.